The van der Waals surface area contributed by atoms with Gasteiger partial charge in [-0.25, -0.2) is 4.79 Å². The van der Waals surface area contributed by atoms with Crippen molar-refractivity contribution in [3.63, 3.8) is 0 Å². The highest BCUT2D eigenvalue weighted by Gasteiger charge is 2.42. The Hall–Kier alpha value is -4.41. The molecule has 2 aliphatic heterocycles. The molecule has 2 aliphatic rings. The van der Waals surface area contributed by atoms with E-state index < -0.39 is 6.29 Å². The van der Waals surface area contributed by atoms with Crippen molar-refractivity contribution in [2.24, 2.45) is 0 Å². The summed E-state index contributed by atoms with van der Waals surface area (Å²) in [5.41, 5.74) is 7.42. The number of amides is 2. The number of urea groups is 1. The molecule has 0 aliphatic carbocycles. The van der Waals surface area contributed by atoms with E-state index in [1.54, 1.807) is 14.2 Å². The van der Waals surface area contributed by atoms with Crippen LogP contribution in [0.4, 0.5) is 4.79 Å². The van der Waals surface area contributed by atoms with Gasteiger partial charge in [-0.05, 0) is 58.9 Å². The third kappa shape index (κ3) is 7.66. The van der Waals surface area contributed by atoms with Crippen LogP contribution < -0.4 is 20.1 Å². The Balaban J connectivity index is 1.31. The summed E-state index contributed by atoms with van der Waals surface area (Å²) in [6.07, 6.45) is -0.209. The first-order valence-electron chi connectivity index (χ1n) is 16.6. The van der Waals surface area contributed by atoms with Gasteiger partial charge in [0.1, 0.15) is 0 Å². The lowest BCUT2D eigenvalue weighted by Gasteiger charge is -2.45. The first kappa shape index (κ1) is 33.5. The van der Waals surface area contributed by atoms with E-state index in [4.69, 9.17) is 18.9 Å². The number of ether oxygens (including phenoxy) is 4. The molecule has 0 saturated carbocycles. The molecule has 2 heterocycles. The molecule has 4 atom stereocenters. The minimum Gasteiger partial charge on any atom is -0.493 e. The van der Waals surface area contributed by atoms with Gasteiger partial charge in [-0.2, -0.15) is 0 Å². The number of hydrogen-bond acceptors (Lipinski definition) is 7. The molecule has 48 heavy (non-hydrogen) atoms. The van der Waals surface area contributed by atoms with E-state index in [1.807, 2.05) is 49.4 Å². The molecule has 0 radical (unpaired) electrons. The van der Waals surface area contributed by atoms with Crippen molar-refractivity contribution in [1.82, 2.24) is 15.5 Å². The lowest BCUT2D eigenvalue weighted by atomic mass is 9.82. The number of methoxy groups -OCH3 is 2. The number of rotatable bonds is 11. The molecule has 0 aromatic heterocycles. The monoisotopic (exact) mass is 651 g/mol. The van der Waals surface area contributed by atoms with Gasteiger partial charge < -0.3 is 34.7 Å². The predicted molar refractivity (Wildman–Crippen MR) is 184 cm³/mol. The summed E-state index contributed by atoms with van der Waals surface area (Å²) in [6.45, 7) is 5.22. The van der Waals surface area contributed by atoms with Crippen LogP contribution in [0.25, 0.3) is 0 Å². The van der Waals surface area contributed by atoms with Crippen LogP contribution in [-0.4, -0.2) is 56.0 Å². The van der Waals surface area contributed by atoms with Crippen LogP contribution in [0, 0.1) is 0 Å². The molecule has 4 aromatic carbocycles. The largest absolute Gasteiger partial charge is 0.493 e. The Labute approximate surface area is 282 Å². The number of hydrogen-bond donors (Lipinski definition) is 3. The second-order valence-electron chi connectivity index (χ2n) is 12.3. The molecule has 3 N–H and O–H groups in total. The van der Waals surface area contributed by atoms with Crippen LogP contribution >= 0.6 is 0 Å². The van der Waals surface area contributed by atoms with Crippen LogP contribution in [0.15, 0.2) is 91.0 Å². The number of carbonyl (C=O) groups is 1. The molecule has 0 bridgehead atoms. The zero-order valence-electron chi connectivity index (χ0n) is 27.9. The van der Waals surface area contributed by atoms with Gasteiger partial charge in [0.25, 0.3) is 0 Å². The number of fused-ring (bicyclic) bond motifs is 1. The van der Waals surface area contributed by atoms with Crippen molar-refractivity contribution in [2.45, 2.75) is 57.5 Å². The first-order valence-corrected chi connectivity index (χ1v) is 16.6. The van der Waals surface area contributed by atoms with Gasteiger partial charge in [-0.3, -0.25) is 4.90 Å². The highest BCUT2D eigenvalue weighted by Crippen LogP contribution is 2.47. The first-order chi connectivity index (χ1) is 23.5. The average Bonchev–Trinajstić information content (AvgIpc) is 3.13. The number of benzene rings is 4. The summed E-state index contributed by atoms with van der Waals surface area (Å²) in [7, 11) is 3.34. The van der Waals surface area contributed by atoms with Gasteiger partial charge in [0, 0.05) is 44.2 Å². The van der Waals surface area contributed by atoms with Crippen molar-refractivity contribution in [3.8, 4) is 11.5 Å². The summed E-state index contributed by atoms with van der Waals surface area (Å²) in [6, 6.07) is 30.5. The number of aliphatic hydroxyl groups is 1. The number of carbonyl (C=O) groups excluding carboxylic acids is 1. The van der Waals surface area contributed by atoms with E-state index in [0.717, 1.165) is 58.8 Å². The van der Waals surface area contributed by atoms with E-state index in [1.165, 1.54) is 11.1 Å². The van der Waals surface area contributed by atoms with E-state index in [-0.39, 0.29) is 30.8 Å². The van der Waals surface area contributed by atoms with Gasteiger partial charge in [0.2, 0.25) is 0 Å². The molecule has 1 fully saturated rings. The normalized spacial score (nSPS) is 20.8. The fourth-order valence-corrected chi connectivity index (χ4v) is 6.72. The molecule has 1 saturated heterocycles. The van der Waals surface area contributed by atoms with Crippen molar-refractivity contribution < 1.29 is 28.8 Å². The lowest BCUT2D eigenvalue weighted by molar-refractivity contribution is -0.263. The predicted octanol–water partition coefficient (Wildman–Crippen LogP) is 6.01. The molecular formula is C39H45N3O6. The standard InChI is InChI=1S/C39H45N3O6/c1-4-40-39(44)41-22-26-10-16-30(17-11-26)38-47-35(24-42-19-18-31-20-33(45-2)34(46-3)21-32(31)23-42)36(28-8-6-5-7-9-28)37(48-38)29-14-12-27(25-43)13-15-29/h5-17,20-21,35-38,43H,4,18-19,22-25H2,1-3H3,(H2,40,41,44). The van der Waals surface area contributed by atoms with Crippen LogP contribution in [0.3, 0.4) is 0 Å². The second-order valence-corrected chi connectivity index (χ2v) is 12.3. The molecule has 2 amide bonds. The smallest absolute Gasteiger partial charge is 0.315 e. The molecule has 9 heteroatoms. The number of nitrogens with zero attached hydrogens (tertiary/aromatic N) is 1. The topological polar surface area (TPSA) is 102 Å². The maximum atomic E-state index is 11.9. The Morgan fingerprint density at radius 3 is 2.17 bits per heavy atom. The van der Waals surface area contributed by atoms with E-state index in [9.17, 15) is 9.90 Å². The minimum absolute atomic E-state index is 0.0172. The van der Waals surface area contributed by atoms with Crippen molar-refractivity contribution in [3.05, 3.63) is 130 Å². The molecule has 252 valence electrons. The molecule has 4 aromatic rings. The summed E-state index contributed by atoms with van der Waals surface area (Å²) in [4.78, 5) is 14.4. The molecule has 6 rings (SSSR count). The second kappa shape index (κ2) is 15.7. The number of aliphatic hydroxyl groups excluding tert-OH is 1. The Morgan fingerprint density at radius 1 is 0.833 bits per heavy atom. The molecule has 0 spiro atoms. The van der Waals surface area contributed by atoms with Crippen molar-refractivity contribution >= 4 is 6.03 Å². The fourth-order valence-electron chi connectivity index (χ4n) is 6.72. The minimum atomic E-state index is -0.607. The van der Waals surface area contributed by atoms with E-state index >= 15 is 0 Å². The summed E-state index contributed by atoms with van der Waals surface area (Å²) < 4.78 is 25.0. The van der Waals surface area contributed by atoms with Gasteiger partial charge in [0.05, 0.1) is 33.0 Å². The van der Waals surface area contributed by atoms with E-state index in [2.05, 4.69) is 64.1 Å². The highest BCUT2D eigenvalue weighted by atomic mass is 16.7. The van der Waals surface area contributed by atoms with Gasteiger partial charge in [-0.1, -0.05) is 78.9 Å². The maximum absolute atomic E-state index is 11.9. The molecule has 9 nitrogen and oxygen atoms in total. The van der Waals surface area contributed by atoms with Crippen molar-refractivity contribution in [1.29, 1.82) is 0 Å². The summed E-state index contributed by atoms with van der Waals surface area (Å²) in [5.74, 6) is 1.40. The highest BCUT2D eigenvalue weighted by molar-refractivity contribution is 5.73. The Bertz CT molecular complexity index is 1650. The maximum Gasteiger partial charge on any atom is 0.315 e. The zero-order valence-corrected chi connectivity index (χ0v) is 27.9. The third-order valence-electron chi connectivity index (χ3n) is 9.25. The molecule has 4 unspecified atom stereocenters. The van der Waals surface area contributed by atoms with Crippen LogP contribution in [-0.2, 0) is 35.6 Å². The lowest BCUT2D eigenvalue weighted by Crippen LogP contribution is -2.45. The van der Waals surface area contributed by atoms with Crippen LogP contribution in [0.1, 0.15) is 64.2 Å². The average molecular weight is 652 g/mol. The van der Waals surface area contributed by atoms with Gasteiger partial charge >= 0.3 is 6.03 Å². The van der Waals surface area contributed by atoms with Gasteiger partial charge in [0.15, 0.2) is 17.8 Å². The summed E-state index contributed by atoms with van der Waals surface area (Å²) >= 11 is 0. The summed E-state index contributed by atoms with van der Waals surface area (Å²) in [5, 5.41) is 15.4. The zero-order chi connectivity index (χ0) is 33.5. The van der Waals surface area contributed by atoms with Crippen molar-refractivity contribution in [2.75, 3.05) is 33.9 Å². The van der Waals surface area contributed by atoms with E-state index in [0.29, 0.717) is 19.6 Å². The quantitative estimate of drug-likeness (QED) is 0.183. The fraction of sp³-hybridized carbons (Fsp3) is 0.359. The SMILES string of the molecule is CCNC(=O)NCc1ccc(C2OC(CN3CCc4cc(OC)c(OC)cc4C3)C(c3ccccc3)C(c3ccc(CO)cc3)O2)cc1. The molecular weight excluding hydrogens is 606 g/mol. The Morgan fingerprint density at radius 2 is 1.50 bits per heavy atom. The van der Waals surface area contributed by atoms with Gasteiger partial charge in [-0.15, -0.1) is 0 Å². The van der Waals surface area contributed by atoms with Crippen LogP contribution in [0.2, 0.25) is 0 Å². The van der Waals surface area contributed by atoms with Crippen LogP contribution in [0.5, 0.6) is 11.5 Å². The third-order valence-corrected chi connectivity index (χ3v) is 9.25. The number of nitrogens with one attached hydrogen (secondary N) is 2. The Kier molecular flexibility index (Phi) is 10.9.